The van der Waals surface area contributed by atoms with Gasteiger partial charge in [0.25, 0.3) is 0 Å². The monoisotopic (exact) mass is 222 g/mol. The Morgan fingerprint density at radius 2 is 2.06 bits per heavy atom. The van der Waals surface area contributed by atoms with Crippen LogP contribution in [-0.2, 0) is 4.79 Å². The van der Waals surface area contributed by atoms with Crippen molar-refractivity contribution in [1.29, 1.82) is 0 Å². The molecule has 2 unspecified atom stereocenters. The van der Waals surface area contributed by atoms with Gasteiger partial charge in [0.1, 0.15) is 0 Å². The van der Waals surface area contributed by atoms with Crippen LogP contribution in [0.1, 0.15) is 18.5 Å². The average molecular weight is 222 g/mol. The molecular formula is C11H14N2O3. The minimum atomic E-state index is -0.255. The lowest BCUT2D eigenvalue weighted by molar-refractivity contribution is -0.124. The molecule has 0 aliphatic carbocycles. The van der Waals surface area contributed by atoms with Crippen LogP contribution in [-0.4, -0.2) is 28.7 Å². The predicted molar refractivity (Wildman–Crippen MR) is 58.1 cm³/mol. The number of phenolic OH excluding ortho intramolecular Hbond substituents is 2. The van der Waals surface area contributed by atoms with E-state index in [4.69, 9.17) is 0 Å². The van der Waals surface area contributed by atoms with Crippen LogP contribution in [0.5, 0.6) is 11.5 Å². The molecule has 1 saturated heterocycles. The highest BCUT2D eigenvalue weighted by molar-refractivity contribution is 5.82. The molecule has 1 aliphatic rings. The summed E-state index contributed by atoms with van der Waals surface area (Å²) >= 11 is 0. The van der Waals surface area contributed by atoms with Gasteiger partial charge in [-0.3, -0.25) is 10.1 Å². The predicted octanol–water partition coefficient (Wildman–Crippen LogP) is 0.247. The van der Waals surface area contributed by atoms with Crippen molar-refractivity contribution in [2.24, 2.45) is 0 Å². The number of hydrogen-bond donors (Lipinski definition) is 4. The quantitative estimate of drug-likeness (QED) is 0.513. The number of carbonyl (C=O) groups excluding carboxylic acids is 1. The number of nitrogens with one attached hydrogen (secondary N) is 2. The second-order valence-electron chi connectivity index (χ2n) is 3.93. The van der Waals surface area contributed by atoms with E-state index < -0.39 is 0 Å². The van der Waals surface area contributed by atoms with Gasteiger partial charge >= 0.3 is 0 Å². The van der Waals surface area contributed by atoms with Gasteiger partial charge in [-0.2, -0.15) is 0 Å². The van der Waals surface area contributed by atoms with Crippen LogP contribution in [0.4, 0.5) is 0 Å². The molecule has 1 amide bonds. The Kier molecular flexibility index (Phi) is 2.70. The summed E-state index contributed by atoms with van der Waals surface area (Å²) in [5, 5.41) is 24.5. The highest BCUT2D eigenvalue weighted by Crippen LogP contribution is 2.28. The van der Waals surface area contributed by atoms with E-state index in [1.165, 1.54) is 12.1 Å². The second kappa shape index (κ2) is 4.02. The SMILES string of the molecule is CC1NC(c2ccc(O)c(O)c2)CNC1=O. The second-order valence-corrected chi connectivity index (χ2v) is 3.93. The molecule has 5 heteroatoms. The van der Waals surface area contributed by atoms with E-state index in [9.17, 15) is 15.0 Å². The molecule has 1 heterocycles. The summed E-state index contributed by atoms with van der Waals surface area (Å²) in [4.78, 5) is 11.2. The zero-order valence-electron chi connectivity index (χ0n) is 8.90. The summed E-state index contributed by atoms with van der Waals surface area (Å²) in [6, 6.07) is 4.36. The van der Waals surface area contributed by atoms with E-state index >= 15 is 0 Å². The third-order valence-electron chi connectivity index (χ3n) is 2.73. The molecule has 0 radical (unpaired) electrons. The number of piperazine rings is 1. The summed E-state index contributed by atoms with van der Waals surface area (Å²) in [6.07, 6.45) is 0. The van der Waals surface area contributed by atoms with Crippen LogP contribution in [0.25, 0.3) is 0 Å². The number of carbonyl (C=O) groups is 1. The first-order valence-electron chi connectivity index (χ1n) is 5.13. The highest BCUT2D eigenvalue weighted by Gasteiger charge is 2.25. The van der Waals surface area contributed by atoms with E-state index in [2.05, 4.69) is 10.6 Å². The lowest BCUT2D eigenvalue weighted by Crippen LogP contribution is -2.52. The molecule has 1 aromatic rings. The molecule has 2 rings (SSSR count). The first kappa shape index (κ1) is 10.8. The fraction of sp³-hybridized carbons (Fsp3) is 0.364. The molecule has 5 nitrogen and oxygen atoms in total. The molecule has 0 bridgehead atoms. The van der Waals surface area contributed by atoms with E-state index in [0.29, 0.717) is 6.54 Å². The van der Waals surface area contributed by atoms with Crippen molar-refractivity contribution in [2.75, 3.05) is 6.54 Å². The van der Waals surface area contributed by atoms with Crippen LogP contribution >= 0.6 is 0 Å². The maximum Gasteiger partial charge on any atom is 0.236 e. The fourth-order valence-electron chi connectivity index (χ4n) is 1.76. The van der Waals surface area contributed by atoms with Gasteiger partial charge in [-0.15, -0.1) is 0 Å². The topological polar surface area (TPSA) is 81.6 Å². The molecular weight excluding hydrogens is 208 g/mol. The van der Waals surface area contributed by atoms with Gasteiger partial charge in [0.2, 0.25) is 5.91 Å². The van der Waals surface area contributed by atoms with Crippen LogP contribution < -0.4 is 10.6 Å². The van der Waals surface area contributed by atoms with Gasteiger partial charge in [0, 0.05) is 6.54 Å². The van der Waals surface area contributed by atoms with Crippen molar-refractivity contribution >= 4 is 5.91 Å². The summed E-state index contributed by atoms with van der Waals surface area (Å²) in [6.45, 7) is 2.26. The summed E-state index contributed by atoms with van der Waals surface area (Å²) < 4.78 is 0. The van der Waals surface area contributed by atoms with Crippen molar-refractivity contribution < 1.29 is 15.0 Å². The lowest BCUT2D eigenvalue weighted by Gasteiger charge is -2.29. The number of aromatic hydroxyl groups is 2. The van der Waals surface area contributed by atoms with Crippen LogP contribution in [0.15, 0.2) is 18.2 Å². The summed E-state index contributed by atoms with van der Waals surface area (Å²) in [7, 11) is 0. The number of hydrogen-bond acceptors (Lipinski definition) is 4. The largest absolute Gasteiger partial charge is 0.504 e. The van der Waals surface area contributed by atoms with Gasteiger partial charge in [0.15, 0.2) is 11.5 Å². The summed E-state index contributed by atoms with van der Waals surface area (Å²) in [5.41, 5.74) is 0.835. The van der Waals surface area contributed by atoms with Crippen molar-refractivity contribution in [3.63, 3.8) is 0 Å². The Labute approximate surface area is 93.1 Å². The fourth-order valence-corrected chi connectivity index (χ4v) is 1.76. The third-order valence-corrected chi connectivity index (χ3v) is 2.73. The van der Waals surface area contributed by atoms with Gasteiger partial charge < -0.3 is 15.5 Å². The Morgan fingerprint density at radius 3 is 2.69 bits per heavy atom. The Hall–Kier alpha value is -1.75. The standard InChI is InChI=1S/C11H14N2O3/c1-6-11(16)12-5-8(13-6)7-2-3-9(14)10(15)4-7/h2-4,6,8,13-15H,5H2,1H3,(H,12,16). The zero-order valence-corrected chi connectivity index (χ0v) is 8.90. The molecule has 86 valence electrons. The number of benzene rings is 1. The van der Waals surface area contributed by atoms with E-state index in [-0.39, 0.29) is 29.5 Å². The molecule has 0 aromatic heterocycles. The van der Waals surface area contributed by atoms with Gasteiger partial charge in [0.05, 0.1) is 12.1 Å². The first-order valence-corrected chi connectivity index (χ1v) is 5.13. The van der Waals surface area contributed by atoms with Crippen molar-refractivity contribution in [3.8, 4) is 11.5 Å². The number of rotatable bonds is 1. The molecule has 0 spiro atoms. The van der Waals surface area contributed by atoms with Crippen LogP contribution in [0.2, 0.25) is 0 Å². The highest BCUT2D eigenvalue weighted by atomic mass is 16.3. The summed E-state index contributed by atoms with van der Waals surface area (Å²) in [5.74, 6) is -0.320. The lowest BCUT2D eigenvalue weighted by atomic mass is 10.0. The molecule has 1 aromatic carbocycles. The molecule has 2 atom stereocenters. The van der Waals surface area contributed by atoms with E-state index in [0.717, 1.165) is 5.56 Å². The number of phenols is 2. The Balaban J connectivity index is 2.18. The minimum absolute atomic E-state index is 0.0285. The Morgan fingerprint density at radius 1 is 1.31 bits per heavy atom. The van der Waals surface area contributed by atoms with Crippen LogP contribution in [0.3, 0.4) is 0 Å². The normalized spacial score (nSPS) is 25.2. The van der Waals surface area contributed by atoms with Crippen LogP contribution in [0, 0.1) is 0 Å². The first-order chi connectivity index (χ1) is 7.58. The molecule has 4 N–H and O–H groups in total. The van der Waals surface area contributed by atoms with Gasteiger partial charge in [-0.1, -0.05) is 6.07 Å². The third kappa shape index (κ3) is 1.94. The minimum Gasteiger partial charge on any atom is -0.504 e. The molecule has 1 fully saturated rings. The van der Waals surface area contributed by atoms with E-state index in [1.807, 2.05) is 0 Å². The molecule has 16 heavy (non-hydrogen) atoms. The van der Waals surface area contributed by atoms with Gasteiger partial charge in [-0.05, 0) is 24.6 Å². The maximum atomic E-state index is 11.2. The van der Waals surface area contributed by atoms with Gasteiger partial charge in [-0.25, -0.2) is 0 Å². The Bertz CT molecular complexity index is 420. The molecule has 1 aliphatic heterocycles. The average Bonchev–Trinajstić information content (AvgIpc) is 2.26. The van der Waals surface area contributed by atoms with Crippen molar-refractivity contribution in [1.82, 2.24) is 10.6 Å². The number of amides is 1. The maximum absolute atomic E-state index is 11.2. The smallest absolute Gasteiger partial charge is 0.236 e. The zero-order chi connectivity index (χ0) is 11.7. The van der Waals surface area contributed by atoms with Crippen molar-refractivity contribution in [3.05, 3.63) is 23.8 Å². The molecule has 0 saturated carbocycles. The van der Waals surface area contributed by atoms with Crippen molar-refractivity contribution in [2.45, 2.75) is 19.0 Å². The van der Waals surface area contributed by atoms with E-state index in [1.54, 1.807) is 13.0 Å².